The Labute approximate surface area is 164 Å². The molecule has 0 amide bonds. The van der Waals surface area contributed by atoms with Gasteiger partial charge < -0.3 is 19.8 Å². The van der Waals surface area contributed by atoms with Gasteiger partial charge in [-0.1, -0.05) is 90.6 Å². The summed E-state index contributed by atoms with van der Waals surface area (Å²) in [6.45, 7) is 6.73. The van der Waals surface area contributed by atoms with Gasteiger partial charge in [0.05, 0.1) is 5.97 Å². The molecule has 0 aromatic heterocycles. The molecule has 25 heavy (non-hydrogen) atoms. The average Bonchev–Trinajstić information content (AvgIpc) is 2.52. The second-order valence-corrected chi connectivity index (χ2v) is 6.43. The second-order valence-electron chi connectivity index (χ2n) is 6.43. The molecule has 0 aliphatic heterocycles. The zero-order chi connectivity index (χ0) is 18.6. The molecule has 5 heteroatoms. The predicted molar refractivity (Wildman–Crippen MR) is 95.1 cm³/mol. The topological polar surface area (TPSA) is 80.3 Å². The van der Waals surface area contributed by atoms with Crippen LogP contribution in [-0.2, 0) is 26.7 Å². The van der Waals surface area contributed by atoms with Crippen LogP contribution in [0.15, 0.2) is 12.2 Å². The van der Waals surface area contributed by atoms with E-state index < -0.39 is 11.9 Å². The van der Waals surface area contributed by atoms with E-state index in [1.165, 1.54) is 77.6 Å². The number of rotatable bonds is 15. The minimum absolute atomic E-state index is 0. The van der Waals surface area contributed by atoms with Gasteiger partial charge in [-0.25, -0.2) is 0 Å². The maximum atomic E-state index is 10.2. The van der Waals surface area contributed by atoms with Gasteiger partial charge in [0.15, 0.2) is 0 Å². The molecule has 4 nitrogen and oxygen atoms in total. The van der Waals surface area contributed by atoms with Crippen LogP contribution in [0.1, 0.15) is 104 Å². The fourth-order valence-electron chi connectivity index (χ4n) is 2.29. The normalized spacial score (nSPS) is 9.52. The SMILES string of the molecule is C=C(C)C(=O)[O-].CCCCCCCCCCCCCCCC(=O)[O-].[Cu+]. The number of carbonyl (C=O) groups excluding carboxylic acids is 2. The molecule has 0 fully saturated rings. The standard InChI is InChI=1S/C16H32O2.C4H6O2.Cu/c1-2-3-4-5-6-7-8-9-10-11-12-13-14-15-16(17)18;1-3(2)4(5)6;/h2-15H2,1H3,(H,17,18);1H2,2H3,(H,5,6);/q;;+1/p-2. The summed E-state index contributed by atoms with van der Waals surface area (Å²) >= 11 is 0. The van der Waals surface area contributed by atoms with E-state index in [0.29, 0.717) is 0 Å². The molecule has 0 saturated carbocycles. The number of hydrogen-bond donors (Lipinski definition) is 0. The molecule has 0 aromatic rings. The Morgan fingerprint density at radius 3 is 1.24 bits per heavy atom. The number of carboxylic acids is 2. The van der Waals surface area contributed by atoms with Gasteiger partial charge in [-0.3, -0.25) is 0 Å². The molecule has 0 saturated heterocycles. The Kier molecular flexibility index (Phi) is 26.9. The van der Waals surface area contributed by atoms with Gasteiger partial charge in [-0.15, -0.1) is 0 Å². The molecule has 0 bridgehead atoms. The first-order chi connectivity index (χ1) is 11.4. The minimum atomic E-state index is -1.19. The van der Waals surface area contributed by atoms with Crippen LogP contribution in [0.25, 0.3) is 0 Å². The van der Waals surface area contributed by atoms with E-state index in [1.807, 2.05) is 0 Å². The summed E-state index contributed by atoms with van der Waals surface area (Å²) in [5.41, 5.74) is 0.0648. The summed E-state index contributed by atoms with van der Waals surface area (Å²) < 4.78 is 0. The van der Waals surface area contributed by atoms with Gasteiger partial charge in [0.1, 0.15) is 0 Å². The Balaban J connectivity index is -0.000000592. The maximum absolute atomic E-state index is 10.2. The molecule has 0 rings (SSSR count). The van der Waals surface area contributed by atoms with Crippen molar-refractivity contribution in [3.8, 4) is 0 Å². The van der Waals surface area contributed by atoms with E-state index in [-0.39, 0.29) is 29.1 Å². The van der Waals surface area contributed by atoms with Crippen molar-refractivity contribution < 1.29 is 36.9 Å². The molecular formula is C20H36CuO4-. The fraction of sp³-hybridized carbons (Fsp3) is 0.800. The number of aliphatic carboxylic acids is 2. The van der Waals surface area contributed by atoms with Crippen molar-refractivity contribution in [3.63, 3.8) is 0 Å². The molecule has 152 valence electrons. The first-order valence-electron chi connectivity index (χ1n) is 9.48. The van der Waals surface area contributed by atoms with Gasteiger partial charge in [0, 0.05) is 5.97 Å². The Morgan fingerprint density at radius 2 is 1.00 bits per heavy atom. The molecule has 0 aromatic carbocycles. The monoisotopic (exact) mass is 403 g/mol. The summed E-state index contributed by atoms with van der Waals surface area (Å²) in [5.74, 6) is -2.09. The van der Waals surface area contributed by atoms with Gasteiger partial charge in [0.2, 0.25) is 0 Å². The molecule has 0 spiro atoms. The Hall–Kier alpha value is -0.801. The van der Waals surface area contributed by atoms with E-state index in [4.69, 9.17) is 0 Å². The predicted octanol–water partition coefficient (Wildman–Crippen LogP) is 3.53. The number of hydrogen-bond acceptors (Lipinski definition) is 4. The van der Waals surface area contributed by atoms with Gasteiger partial charge in [-0.05, 0) is 25.3 Å². The quantitative estimate of drug-likeness (QED) is 0.238. The number of carbonyl (C=O) groups is 2. The van der Waals surface area contributed by atoms with Crippen LogP contribution < -0.4 is 10.2 Å². The first-order valence-corrected chi connectivity index (χ1v) is 9.48. The van der Waals surface area contributed by atoms with Crippen LogP contribution in [0.4, 0.5) is 0 Å². The smallest absolute Gasteiger partial charge is 0.550 e. The summed E-state index contributed by atoms with van der Waals surface area (Å²) in [4.78, 5) is 19.7. The first kappa shape index (κ1) is 29.0. The number of carboxylic acid groups (broad SMARTS) is 2. The van der Waals surface area contributed by atoms with Crippen molar-refractivity contribution in [1.29, 1.82) is 0 Å². The second kappa shape index (κ2) is 23.2. The summed E-state index contributed by atoms with van der Waals surface area (Å²) in [5, 5.41) is 19.7. The third-order valence-corrected chi connectivity index (χ3v) is 3.83. The molecule has 0 N–H and O–H groups in total. The van der Waals surface area contributed by atoms with E-state index >= 15 is 0 Å². The Bertz CT molecular complexity index is 318. The zero-order valence-corrected chi connectivity index (χ0v) is 17.0. The minimum Gasteiger partial charge on any atom is -0.550 e. The van der Waals surface area contributed by atoms with Crippen molar-refractivity contribution >= 4 is 11.9 Å². The summed E-state index contributed by atoms with van der Waals surface area (Å²) in [7, 11) is 0. The van der Waals surface area contributed by atoms with Crippen molar-refractivity contribution in [2.45, 2.75) is 104 Å². The van der Waals surface area contributed by atoms with Crippen molar-refractivity contribution in [2.24, 2.45) is 0 Å². The van der Waals surface area contributed by atoms with Crippen molar-refractivity contribution in [2.75, 3.05) is 0 Å². The van der Waals surface area contributed by atoms with Crippen molar-refractivity contribution in [3.05, 3.63) is 12.2 Å². The Morgan fingerprint density at radius 1 is 0.720 bits per heavy atom. The maximum Gasteiger partial charge on any atom is 1.00 e. The fourth-order valence-corrected chi connectivity index (χ4v) is 2.29. The van der Waals surface area contributed by atoms with E-state index in [9.17, 15) is 19.8 Å². The molecule has 0 unspecified atom stereocenters. The molecule has 0 radical (unpaired) electrons. The van der Waals surface area contributed by atoms with Gasteiger partial charge in [-0.2, -0.15) is 0 Å². The number of unbranched alkanes of at least 4 members (excludes halogenated alkanes) is 12. The summed E-state index contributed by atoms with van der Waals surface area (Å²) in [6, 6.07) is 0. The van der Waals surface area contributed by atoms with E-state index in [2.05, 4.69) is 13.5 Å². The molecule has 0 heterocycles. The third-order valence-electron chi connectivity index (χ3n) is 3.83. The van der Waals surface area contributed by atoms with Gasteiger partial charge >= 0.3 is 17.1 Å². The largest absolute Gasteiger partial charge is 1.00 e. The van der Waals surface area contributed by atoms with Gasteiger partial charge in [0.25, 0.3) is 0 Å². The van der Waals surface area contributed by atoms with Crippen LogP contribution in [-0.4, -0.2) is 11.9 Å². The molecule has 0 aliphatic rings. The molecule has 0 aliphatic carbocycles. The van der Waals surface area contributed by atoms with E-state index in [0.717, 1.165) is 12.8 Å². The van der Waals surface area contributed by atoms with Crippen LogP contribution >= 0.6 is 0 Å². The summed E-state index contributed by atoms with van der Waals surface area (Å²) in [6.07, 6.45) is 16.9. The van der Waals surface area contributed by atoms with Crippen LogP contribution in [0, 0.1) is 0 Å². The van der Waals surface area contributed by atoms with Crippen LogP contribution in [0.2, 0.25) is 0 Å². The zero-order valence-electron chi connectivity index (χ0n) is 16.0. The average molecular weight is 404 g/mol. The molecular weight excluding hydrogens is 368 g/mol. The van der Waals surface area contributed by atoms with Crippen LogP contribution in [0.5, 0.6) is 0 Å². The molecule has 0 atom stereocenters. The van der Waals surface area contributed by atoms with E-state index in [1.54, 1.807) is 0 Å². The van der Waals surface area contributed by atoms with Crippen molar-refractivity contribution in [1.82, 2.24) is 0 Å². The third kappa shape index (κ3) is 31.5. The van der Waals surface area contributed by atoms with Crippen LogP contribution in [0.3, 0.4) is 0 Å².